The summed E-state index contributed by atoms with van der Waals surface area (Å²) in [5.41, 5.74) is 1.38. The topological polar surface area (TPSA) is 30.5 Å². The lowest BCUT2D eigenvalue weighted by atomic mass is 9.98. The van der Waals surface area contributed by atoms with Crippen molar-refractivity contribution in [2.75, 3.05) is 11.9 Å². The van der Waals surface area contributed by atoms with Crippen molar-refractivity contribution >= 4 is 5.69 Å². The molecule has 1 aliphatic carbocycles. The maximum atomic E-state index is 6.32. The molecule has 3 nitrogen and oxygen atoms in total. The normalized spacial score (nSPS) is 23.9. The third-order valence-electron chi connectivity index (χ3n) is 4.61. The van der Waals surface area contributed by atoms with Crippen molar-refractivity contribution in [3.8, 4) is 5.75 Å². The third kappa shape index (κ3) is 3.70. The summed E-state index contributed by atoms with van der Waals surface area (Å²) in [5.74, 6) is 0.928. The zero-order valence-electron chi connectivity index (χ0n) is 13.2. The maximum Gasteiger partial charge on any atom is 0.119 e. The Kier molecular flexibility index (Phi) is 4.39. The molecular weight excluding hydrogens is 262 g/mol. The molecule has 1 aromatic carbocycles. The van der Waals surface area contributed by atoms with E-state index in [-0.39, 0.29) is 11.7 Å². The van der Waals surface area contributed by atoms with Gasteiger partial charge in [-0.3, -0.25) is 0 Å². The van der Waals surface area contributed by atoms with Crippen LogP contribution in [-0.4, -0.2) is 24.4 Å². The van der Waals surface area contributed by atoms with E-state index >= 15 is 0 Å². The lowest BCUT2D eigenvalue weighted by Crippen LogP contribution is -2.27. The van der Waals surface area contributed by atoms with Crippen molar-refractivity contribution in [3.05, 3.63) is 24.3 Å². The van der Waals surface area contributed by atoms with Crippen molar-refractivity contribution < 1.29 is 9.47 Å². The molecule has 3 rings (SSSR count). The highest BCUT2D eigenvalue weighted by molar-refractivity contribution is 5.46. The molecule has 3 heteroatoms. The van der Waals surface area contributed by atoms with Gasteiger partial charge < -0.3 is 14.8 Å². The van der Waals surface area contributed by atoms with Crippen LogP contribution in [0.3, 0.4) is 0 Å². The van der Waals surface area contributed by atoms with Crippen LogP contribution in [0.2, 0.25) is 0 Å². The van der Waals surface area contributed by atoms with E-state index in [0.29, 0.717) is 6.10 Å². The SMILES string of the molecule is CC(C)Oc1ccc(NCC2CCC3(CCCC3)O2)cc1. The van der Waals surface area contributed by atoms with Gasteiger partial charge in [0.15, 0.2) is 0 Å². The Hall–Kier alpha value is -1.22. The molecule has 1 unspecified atom stereocenters. The summed E-state index contributed by atoms with van der Waals surface area (Å²) in [7, 11) is 0. The Morgan fingerprint density at radius 1 is 1.19 bits per heavy atom. The second kappa shape index (κ2) is 6.27. The highest BCUT2D eigenvalue weighted by Gasteiger charge is 2.41. The molecule has 0 bridgehead atoms. The second-order valence-corrected chi connectivity index (χ2v) is 6.74. The molecule has 0 aromatic heterocycles. The van der Waals surface area contributed by atoms with Crippen molar-refractivity contribution in [3.63, 3.8) is 0 Å². The van der Waals surface area contributed by atoms with Crippen molar-refractivity contribution in [2.45, 2.75) is 70.2 Å². The molecule has 1 aliphatic heterocycles. The van der Waals surface area contributed by atoms with Gasteiger partial charge in [0.05, 0.1) is 17.8 Å². The van der Waals surface area contributed by atoms with Gasteiger partial charge in [-0.2, -0.15) is 0 Å². The van der Waals surface area contributed by atoms with Crippen molar-refractivity contribution in [1.82, 2.24) is 0 Å². The fourth-order valence-corrected chi connectivity index (χ4v) is 3.58. The summed E-state index contributed by atoms with van der Waals surface area (Å²) in [6.45, 7) is 5.00. The fourth-order valence-electron chi connectivity index (χ4n) is 3.58. The Labute approximate surface area is 128 Å². The molecule has 0 amide bonds. The third-order valence-corrected chi connectivity index (χ3v) is 4.61. The first kappa shape index (κ1) is 14.7. The predicted octanol–water partition coefficient (Wildman–Crippen LogP) is 4.38. The molecule has 1 heterocycles. The Bertz CT molecular complexity index is 449. The van der Waals surface area contributed by atoms with Crippen LogP contribution in [-0.2, 0) is 4.74 Å². The van der Waals surface area contributed by atoms with Gasteiger partial charge >= 0.3 is 0 Å². The number of hydrogen-bond donors (Lipinski definition) is 1. The Balaban J connectivity index is 1.47. The predicted molar refractivity (Wildman–Crippen MR) is 86.0 cm³/mol. The lowest BCUT2D eigenvalue weighted by molar-refractivity contribution is -0.0307. The highest BCUT2D eigenvalue weighted by atomic mass is 16.5. The van der Waals surface area contributed by atoms with E-state index in [0.717, 1.165) is 18.0 Å². The van der Waals surface area contributed by atoms with Crippen LogP contribution in [0.25, 0.3) is 0 Å². The maximum absolute atomic E-state index is 6.32. The van der Waals surface area contributed by atoms with Gasteiger partial charge in [0.25, 0.3) is 0 Å². The van der Waals surface area contributed by atoms with Crippen LogP contribution < -0.4 is 10.1 Å². The molecule has 1 saturated heterocycles. The monoisotopic (exact) mass is 289 g/mol. The van der Waals surface area contributed by atoms with Gasteiger partial charge in [0.1, 0.15) is 5.75 Å². The highest BCUT2D eigenvalue weighted by Crippen LogP contribution is 2.43. The molecule has 2 aliphatic rings. The second-order valence-electron chi connectivity index (χ2n) is 6.74. The summed E-state index contributed by atoms with van der Waals surface area (Å²) < 4.78 is 12.0. The molecule has 1 atom stereocenters. The summed E-state index contributed by atoms with van der Waals surface area (Å²) in [5, 5.41) is 3.49. The van der Waals surface area contributed by atoms with Gasteiger partial charge in [-0.15, -0.1) is 0 Å². The van der Waals surface area contributed by atoms with Crippen LogP contribution in [0.15, 0.2) is 24.3 Å². The minimum Gasteiger partial charge on any atom is -0.491 e. The summed E-state index contributed by atoms with van der Waals surface area (Å²) in [4.78, 5) is 0. The molecule has 2 fully saturated rings. The molecule has 0 radical (unpaired) electrons. The molecule has 116 valence electrons. The first-order valence-corrected chi connectivity index (χ1v) is 8.34. The number of benzene rings is 1. The van der Waals surface area contributed by atoms with E-state index < -0.39 is 0 Å². The van der Waals surface area contributed by atoms with Gasteiger partial charge in [0.2, 0.25) is 0 Å². The minimum atomic E-state index is 0.221. The Morgan fingerprint density at radius 2 is 1.90 bits per heavy atom. The van der Waals surface area contributed by atoms with Gasteiger partial charge in [0, 0.05) is 12.2 Å². The van der Waals surface area contributed by atoms with Crippen molar-refractivity contribution in [1.29, 1.82) is 0 Å². The van der Waals surface area contributed by atoms with Crippen LogP contribution in [0, 0.1) is 0 Å². The first-order chi connectivity index (χ1) is 10.2. The van der Waals surface area contributed by atoms with E-state index in [1.165, 1.54) is 38.5 Å². The standard InChI is InChI=1S/C18H27NO2/c1-14(2)20-16-7-5-15(6-8-16)19-13-17-9-12-18(21-17)10-3-4-11-18/h5-8,14,17,19H,3-4,9-13H2,1-2H3. The summed E-state index contributed by atoms with van der Waals surface area (Å²) in [6.07, 6.45) is 8.26. The fraction of sp³-hybridized carbons (Fsp3) is 0.667. The average molecular weight is 289 g/mol. The van der Waals surface area contributed by atoms with Crippen molar-refractivity contribution in [2.24, 2.45) is 0 Å². The number of ether oxygens (including phenoxy) is 2. The molecule has 21 heavy (non-hydrogen) atoms. The summed E-state index contributed by atoms with van der Waals surface area (Å²) >= 11 is 0. The number of rotatable bonds is 5. The largest absolute Gasteiger partial charge is 0.491 e. The lowest BCUT2D eigenvalue weighted by Gasteiger charge is -2.24. The summed E-state index contributed by atoms with van der Waals surface area (Å²) in [6, 6.07) is 8.21. The zero-order valence-corrected chi connectivity index (χ0v) is 13.2. The van der Waals surface area contributed by atoms with Gasteiger partial charge in [-0.05, 0) is 63.8 Å². The van der Waals surface area contributed by atoms with E-state index in [2.05, 4.69) is 17.4 Å². The minimum absolute atomic E-state index is 0.221. The first-order valence-electron chi connectivity index (χ1n) is 8.34. The smallest absolute Gasteiger partial charge is 0.119 e. The van der Waals surface area contributed by atoms with Crippen LogP contribution >= 0.6 is 0 Å². The van der Waals surface area contributed by atoms with Crippen LogP contribution in [0.5, 0.6) is 5.75 Å². The van der Waals surface area contributed by atoms with E-state index in [1.807, 2.05) is 26.0 Å². The van der Waals surface area contributed by atoms with E-state index in [4.69, 9.17) is 9.47 Å². The number of anilines is 1. The Morgan fingerprint density at radius 3 is 2.57 bits per heavy atom. The molecule has 1 N–H and O–H groups in total. The average Bonchev–Trinajstić information content (AvgIpc) is 3.08. The molecular formula is C18H27NO2. The molecule has 1 aromatic rings. The van der Waals surface area contributed by atoms with E-state index in [9.17, 15) is 0 Å². The number of nitrogens with one attached hydrogen (secondary N) is 1. The molecule has 1 saturated carbocycles. The quantitative estimate of drug-likeness (QED) is 0.872. The van der Waals surface area contributed by atoms with Crippen LogP contribution in [0.4, 0.5) is 5.69 Å². The van der Waals surface area contributed by atoms with E-state index in [1.54, 1.807) is 0 Å². The molecule has 1 spiro atoms. The van der Waals surface area contributed by atoms with Gasteiger partial charge in [-0.1, -0.05) is 12.8 Å². The van der Waals surface area contributed by atoms with Gasteiger partial charge in [-0.25, -0.2) is 0 Å². The number of hydrogen-bond acceptors (Lipinski definition) is 3. The zero-order chi connectivity index (χ0) is 14.7. The van der Waals surface area contributed by atoms with Crippen LogP contribution in [0.1, 0.15) is 52.4 Å².